The average molecular weight is 326 g/mol. The highest BCUT2D eigenvalue weighted by atomic mass is 32.1. The van der Waals surface area contributed by atoms with Gasteiger partial charge in [-0.3, -0.25) is 9.59 Å². The van der Waals surface area contributed by atoms with Gasteiger partial charge in [-0.05, 0) is 30.0 Å². The molecule has 3 rings (SSSR count). The lowest BCUT2D eigenvalue weighted by molar-refractivity contribution is 0.0950. The van der Waals surface area contributed by atoms with Crippen molar-refractivity contribution < 1.29 is 4.79 Å². The highest BCUT2D eigenvalue weighted by Gasteiger charge is 2.14. The van der Waals surface area contributed by atoms with E-state index in [-0.39, 0.29) is 11.3 Å². The van der Waals surface area contributed by atoms with Gasteiger partial charge < -0.3 is 0 Å². The maximum atomic E-state index is 12.3. The highest BCUT2D eigenvalue weighted by molar-refractivity contribution is 7.11. The first kappa shape index (κ1) is 15.1. The van der Waals surface area contributed by atoms with Gasteiger partial charge in [0.1, 0.15) is 0 Å². The first-order valence-electron chi connectivity index (χ1n) is 6.91. The van der Waals surface area contributed by atoms with Gasteiger partial charge in [0.15, 0.2) is 5.69 Å². The first-order chi connectivity index (χ1) is 11.1. The Balaban J connectivity index is 1.93. The van der Waals surface area contributed by atoms with Crippen LogP contribution in [0.3, 0.4) is 0 Å². The molecule has 1 amide bonds. The van der Waals surface area contributed by atoms with Gasteiger partial charge in [-0.25, -0.2) is 10.1 Å². The van der Waals surface area contributed by atoms with E-state index in [1.165, 1.54) is 7.05 Å². The Kier molecular flexibility index (Phi) is 4.03. The predicted octanol–water partition coefficient (Wildman–Crippen LogP) is 2.07. The van der Waals surface area contributed by atoms with E-state index in [4.69, 9.17) is 0 Å². The average Bonchev–Trinajstić information content (AvgIpc) is 2.96. The summed E-state index contributed by atoms with van der Waals surface area (Å²) in [5, 5.41) is 10.9. The number of hydrogen-bond donors (Lipinski definition) is 1. The van der Waals surface area contributed by atoms with E-state index >= 15 is 0 Å². The van der Waals surface area contributed by atoms with Crippen LogP contribution < -0.4 is 11.0 Å². The fourth-order valence-corrected chi connectivity index (χ4v) is 2.97. The van der Waals surface area contributed by atoms with Crippen LogP contribution in [0.5, 0.6) is 0 Å². The van der Waals surface area contributed by atoms with Crippen molar-refractivity contribution in [2.45, 2.75) is 6.92 Å². The largest absolute Gasteiger partial charge is 0.292 e. The molecule has 0 fully saturated rings. The number of benzene rings is 1. The van der Waals surface area contributed by atoms with E-state index in [1.807, 2.05) is 18.4 Å². The quantitative estimate of drug-likeness (QED) is 0.591. The number of rotatable bonds is 3. The number of carbonyl (C=O) groups is 1. The molecule has 1 N–H and O–H groups in total. The van der Waals surface area contributed by atoms with Crippen LogP contribution in [0, 0.1) is 6.92 Å². The molecule has 2 aromatic heterocycles. The number of hydrazone groups is 1. The lowest BCUT2D eigenvalue weighted by atomic mass is 10.1. The van der Waals surface area contributed by atoms with Crippen LogP contribution in [0.2, 0.25) is 0 Å². The Morgan fingerprint density at radius 2 is 2.04 bits per heavy atom. The zero-order chi connectivity index (χ0) is 16.4. The third-order valence-corrected chi connectivity index (χ3v) is 4.37. The molecule has 0 saturated heterocycles. The Labute approximate surface area is 136 Å². The van der Waals surface area contributed by atoms with Crippen molar-refractivity contribution in [2.75, 3.05) is 0 Å². The van der Waals surface area contributed by atoms with E-state index in [0.29, 0.717) is 10.8 Å². The smallest absolute Gasteiger partial charge is 0.267 e. The second-order valence-corrected chi connectivity index (χ2v) is 5.94. The Bertz CT molecular complexity index is 972. The molecule has 0 aliphatic carbocycles. The molecule has 0 saturated carbocycles. The number of aryl methyl sites for hydroxylation is 2. The van der Waals surface area contributed by atoms with Gasteiger partial charge >= 0.3 is 0 Å². The summed E-state index contributed by atoms with van der Waals surface area (Å²) >= 11 is 1.54. The number of nitrogens with zero attached hydrogens (tertiary/aromatic N) is 3. The predicted molar refractivity (Wildman–Crippen MR) is 91.1 cm³/mol. The van der Waals surface area contributed by atoms with Crippen molar-refractivity contribution in [3.05, 3.63) is 62.2 Å². The number of fused-ring (bicyclic) bond motifs is 1. The number of carbonyl (C=O) groups excluding carboxylic acids is 1. The topological polar surface area (TPSA) is 76.3 Å². The molecule has 7 heteroatoms. The first-order valence-corrected chi connectivity index (χ1v) is 7.79. The van der Waals surface area contributed by atoms with Crippen LogP contribution in [0.4, 0.5) is 0 Å². The lowest BCUT2D eigenvalue weighted by Gasteiger charge is -2.06. The van der Waals surface area contributed by atoms with E-state index in [9.17, 15) is 9.59 Å². The Hall–Kier alpha value is -2.80. The summed E-state index contributed by atoms with van der Waals surface area (Å²) in [6, 6.07) is 8.87. The summed E-state index contributed by atoms with van der Waals surface area (Å²) in [7, 11) is 1.52. The van der Waals surface area contributed by atoms with Crippen molar-refractivity contribution in [3.8, 4) is 0 Å². The maximum Gasteiger partial charge on any atom is 0.292 e. The minimum atomic E-state index is -0.456. The Morgan fingerprint density at radius 3 is 2.74 bits per heavy atom. The number of nitrogens with one attached hydrogen (secondary N) is 1. The molecular formula is C16H14N4O2S. The molecule has 0 spiro atoms. The molecule has 0 atom stereocenters. The maximum absolute atomic E-state index is 12.3. The molecule has 23 heavy (non-hydrogen) atoms. The van der Waals surface area contributed by atoms with E-state index < -0.39 is 5.91 Å². The molecular weight excluding hydrogens is 312 g/mol. The molecule has 0 aliphatic heterocycles. The summed E-state index contributed by atoms with van der Waals surface area (Å²) < 4.78 is 1.16. The van der Waals surface area contributed by atoms with E-state index in [0.717, 1.165) is 15.1 Å². The minimum absolute atomic E-state index is 0.169. The van der Waals surface area contributed by atoms with Crippen LogP contribution in [0.25, 0.3) is 10.8 Å². The van der Waals surface area contributed by atoms with Crippen molar-refractivity contribution >= 4 is 34.2 Å². The summed E-state index contributed by atoms with van der Waals surface area (Å²) in [4.78, 5) is 25.4. The van der Waals surface area contributed by atoms with Gasteiger partial charge in [0.25, 0.3) is 11.5 Å². The van der Waals surface area contributed by atoms with Crippen LogP contribution in [0.1, 0.15) is 20.9 Å². The molecule has 0 unspecified atom stereocenters. The van der Waals surface area contributed by atoms with Gasteiger partial charge in [0, 0.05) is 17.3 Å². The molecule has 0 radical (unpaired) electrons. The second-order valence-electron chi connectivity index (χ2n) is 4.99. The molecule has 2 heterocycles. The summed E-state index contributed by atoms with van der Waals surface area (Å²) in [5.74, 6) is -0.456. The number of amides is 1. The zero-order valence-corrected chi connectivity index (χ0v) is 13.4. The molecule has 0 bridgehead atoms. The van der Waals surface area contributed by atoms with Gasteiger partial charge in [-0.2, -0.15) is 10.2 Å². The van der Waals surface area contributed by atoms with Gasteiger partial charge in [0.05, 0.1) is 11.6 Å². The summed E-state index contributed by atoms with van der Waals surface area (Å²) in [5.41, 5.74) is 3.49. The summed E-state index contributed by atoms with van der Waals surface area (Å²) in [6.45, 7) is 1.97. The minimum Gasteiger partial charge on any atom is -0.267 e. The molecule has 0 aliphatic rings. The van der Waals surface area contributed by atoms with E-state index in [1.54, 1.807) is 41.8 Å². The highest BCUT2D eigenvalue weighted by Crippen LogP contribution is 2.14. The van der Waals surface area contributed by atoms with Crippen LogP contribution >= 0.6 is 11.3 Å². The van der Waals surface area contributed by atoms with Crippen molar-refractivity contribution in [2.24, 2.45) is 12.1 Å². The second kappa shape index (κ2) is 6.13. The Morgan fingerprint density at radius 1 is 1.30 bits per heavy atom. The number of aromatic nitrogens is 2. The van der Waals surface area contributed by atoms with Crippen molar-refractivity contribution in [1.82, 2.24) is 15.2 Å². The van der Waals surface area contributed by atoms with E-state index in [2.05, 4.69) is 15.6 Å². The molecule has 116 valence electrons. The number of thiophene rings is 1. The van der Waals surface area contributed by atoms with Crippen LogP contribution in [-0.2, 0) is 7.05 Å². The van der Waals surface area contributed by atoms with Crippen molar-refractivity contribution in [1.29, 1.82) is 0 Å². The third-order valence-electron chi connectivity index (χ3n) is 3.42. The monoisotopic (exact) mass is 326 g/mol. The lowest BCUT2D eigenvalue weighted by Crippen LogP contribution is -2.27. The molecule has 3 aromatic rings. The standard InChI is InChI=1S/C16H14N4O2S/c1-10-7-8-23-13(10)9-17-18-15(21)14-11-5-3-4-6-12(11)16(22)20(2)19-14/h3-9H,1-2H3,(H,18,21)/b17-9-. The normalized spacial score (nSPS) is 11.2. The molecule has 1 aromatic carbocycles. The van der Waals surface area contributed by atoms with Crippen molar-refractivity contribution in [3.63, 3.8) is 0 Å². The fraction of sp³-hybridized carbons (Fsp3) is 0.125. The molecule has 6 nitrogen and oxygen atoms in total. The van der Waals surface area contributed by atoms with Crippen LogP contribution in [0.15, 0.2) is 45.6 Å². The SMILES string of the molecule is Cc1ccsc1/C=N\NC(=O)c1nn(C)c(=O)c2ccccc12. The third kappa shape index (κ3) is 2.91. The zero-order valence-electron chi connectivity index (χ0n) is 12.6. The summed E-state index contributed by atoms with van der Waals surface area (Å²) in [6.07, 6.45) is 1.60. The van der Waals surface area contributed by atoms with Gasteiger partial charge in [-0.1, -0.05) is 18.2 Å². The van der Waals surface area contributed by atoms with Gasteiger partial charge in [-0.15, -0.1) is 11.3 Å². The van der Waals surface area contributed by atoms with Crippen LogP contribution in [-0.4, -0.2) is 21.9 Å². The fourth-order valence-electron chi connectivity index (χ4n) is 2.19. The number of hydrogen-bond acceptors (Lipinski definition) is 5. The van der Waals surface area contributed by atoms with Gasteiger partial charge in [0.2, 0.25) is 0 Å².